The molecule has 0 spiro atoms. The standard InChI is InChI=1S/C15H21N3OS.ClH/c1-10(2)7-13(16)14-17-18-15(19-14)20-9-12-6-4-5-11(3)8-12;/h4-6,8,10,13H,7,9,16H2,1-3H3;1H/t13-;/m0./s1. The molecule has 0 aliphatic carbocycles. The Balaban J connectivity index is 0.00000220. The van der Waals surface area contributed by atoms with Crippen LogP contribution in [-0.4, -0.2) is 10.2 Å². The van der Waals surface area contributed by atoms with Crippen molar-refractivity contribution in [2.75, 3.05) is 0 Å². The van der Waals surface area contributed by atoms with Crippen LogP contribution in [0.1, 0.15) is 43.3 Å². The summed E-state index contributed by atoms with van der Waals surface area (Å²) >= 11 is 1.54. The summed E-state index contributed by atoms with van der Waals surface area (Å²) in [4.78, 5) is 0. The van der Waals surface area contributed by atoms with Crippen LogP contribution < -0.4 is 5.73 Å². The first-order valence-electron chi connectivity index (χ1n) is 6.82. The molecule has 116 valence electrons. The monoisotopic (exact) mass is 327 g/mol. The fourth-order valence-electron chi connectivity index (χ4n) is 1.98. The van der Waals surface area contributed by atoms with Crippen molar-refractivity contribution in [2.45, 2.75) is 44.2 Å². The van der Waals surface area contributed by atoms with Gasteiger partial charge in [0.05, 0.1) is 6.04 Å². The quantitative estimate of drug-likeness (QED) is 0.808. The summed E-state index contributed by atoms with van der Waals surface area (Å²) in [6.07, 6.45) is 0.851. The van der Waals surface area contributed by atoms with Crippen molar-refractivity contribution < 1.29 is 4.42 Å². The molecule has 4 nitrogen and oxygen atoms in total. The first-order valence-corrected chi connectivity index (χ1v) is 7.80. The van der Waals surface area contributed by atoms with Gasteiger partial charge in [0, 0.05) is 5.75 Å². The topological polar surface area (TPSA) is 64.9 Å². The second-order valence-electron chi connectivity index (χ2n) is 5.42. The number of halogens is 1. The third kappa shape index (κ3) is 5.69. The van der Waals surface area contributed by atoms with E-state index in [1.807, 2.05) is 0 Å². The second-order valence-corrected chi connectivity index (χ2v) is 6.35. The van der Waals surface area contributed by atoms with Gasteiger partial charge in [-0.15, -0.1) is 22.6 Å². The molecular formula is C15H22ClN3OS. The highest BCUT2D eigenvalue weighted by molar-refractivity contribution is 7.98. The fourth-order valence-corrected chi connectivity index (χ4v) is 2.70. The van der Waals surface area contributed by atoms with E-state index in [0.717, 1.165) is 12.2 Å². The maximum absolute atomic E-state index is 6.03. The van der Waals surface area contributed by atoms with Crippen molar-refractivity contribution in [3.8, 4) is 0 Å². The lowest BCUT2D eigenvalue weighted by Gasteiger charge is -2.08. The van der Waals surface area contributed by atoms with Crippen molar-refractivity contribution >= 4 is 24.2 Å². The average Bonchev–Trinajstić information content (AvgIpc) is 2.84. The normalized spacial score (nSPS) is 12.2. The number of benzene rings is 1. The van der Waals surface area contributed by atoms with E-state index in [0.29, 0.717) is 17.0 Å². The van der Waals surface area contributed by atoms with Gasteiger partial charge in [-0.3, -0.25) is 0 Å². The molecule has 0 fully saturated rings. The van der Waals surface area contributed by atoms with E-state index in [2.05, 4.69) is 55.2 Å². The molecule has 2 aromatic rings. The van der Waals surface area contributed by atoms with E-state index in [9.17, 15) is 0 Å². The Hall–Kier alpha value is -1.04. The van der Waals surface area contributed by atoms with E-state index >= 15 is 0 Å². The van der Waals surface area contributed by atoms with Crippen molar-refractivity contribution in [1.82, 2.24) is 10.2 Å². The lowest BCUT2D eigenvalue weighted by Crippen LogP contribution is -2.13. The lowest BCUT2D eigenvalue weighted by molar-refractivity contribution is 0.361. The molecule has 0 aliphatic heterocycles. The second kappa shape index (κ2) is 8.41. The van der Waals surface area contributed by atoms with Crippen molar-refractivity contribution in [1.29, 1.82) is 0 Å². The van der Waals surface area contributed by atoms with Crippen LogP contribution in [0.25, 0.3) is 0 Å². The van der Waals surface area contributed by atoms with Crippen LogP contribution in [0.2, 0.25) is 0 Å². The van der Waals surface area contributed by atoms with Crippen LogP contribution in [0.15, 0.2) is 33.9 Å². The highest BCUT2D eigenvalue weighted by Crippen LogP contribution is 2.25. The van der Waals surface area contributed by atoms with Crippen LogP contribution in [0.3, 0.4) is 0 Å². The van der Waals surface area contributed by atoms with Crippen LogP contribution in [0, 0.1) is 12.8 Å². The zero-order valence-corrected chi connectivity index (χ0v) is 14.2. The minimum Gasteiger partial charge on any atom is -0.414 e. The number of thioether (sulfide) groups is 1. The molecule has 0 aliphatic rings. The van der Waals surface area contributed by atoms with Crippen LogP contribution in [0.5, 0.6) is 0 Å². The summed E-state index contributed by atoms with van der Waals surface area (Å²) in [7, 11) is 0. The molecule has 0 amide bonds. The molecule has 0 saturated carbocycles. The average molecular weight is 328 g/mol. The molecule has 0 radical (unpaired) electrons. The molecule has 2 N–H and O–H groups in total. The first-order chi connectivity index (χ1) is 9.54. The van der Waals surface area contributed by atoms with Crippen molar-refractivity contribution in [3.05, 3.63) is 41.3 Å². The van der Waals surface area contributed by atoms with Gasteiger partial charge in [-0.25, -0.2) is 0 Å². The van der Waals surface area contributed by atoms with Crippen LogP contribution >= 0.6 is 24.2 Å². The minimum atomic E-state index is -0.171. The number of aromatic nitrogens is 2. The summed E-state index contributed by atoms with van der Waals surface area (Å²) in [6, 6.07) is 8.24. The molecule has 2 rings (SSSR count). The number of nitrogens with zero attached hydrogens (tertiary/aromatic N) is 2. The Bertz CT molecular complexity index is 559. The molecule has 1 aromatic carbocycles. The number of aryl methyl sites for hydroxylation is 1. The summed E-state index contributed by atoms with van der Waals surface area (Å²) in [6.45, 7) is 6.34. The zero-order valence-electron chi connectivity index (χ0n) is 12.6. The third-order valence-electron chi connectivity index (χ3n) is 2.91. The van der Waals surface area contributed by atoms with Gasteiger partial charge in [0.25, 0.3) is 5.22 Å². The van der Waals surface area contributed by atoms with E-state index in [1.54, 1.807) is 11.8 Å². The SMILES string of the molecule is Cc1cccc(CSc2nnc([C@@H](N)CC(C)C)o2)c1.Cl. The third-order valence-corrected chi connectivity index (χ3v) is 3.80. The predicted octanol–water partition coefficient (Wildman–Crippen LogP) is 4.14. The highest BCUT2D eigenvalue weighted by atomic mass is 35.5. The van der Waals surface area contributed by atoms with Gasteiger partial charge in [-0.2, -0.15) is 0 Å². The van der Waals surface area contributed by atoms with E-state index in [1.165, 1.54) is 11.1 Å². The van der Waals surface area contributed by atoms with E-state index in [-0.39, 0.29) is 18.4 Å². The molecule has 1 heterocycles. The minimum absolute atomic E-state index is 0. The number of hydrogen-bond acceptors (Lipinski definition) is 5. The molecule has 0 saturated heterocycles. The van der Waals surface area contributed by atoms with Crippen molar-refractivity contribution in [2.24, 2.45) is 11.7 Å². The van der Waals surface area contributed by atoms with Gasteiger partial charge < -0.3 is 10.2 Å². The molecular weight excluding hydrogens is 306 g/mol. The first kappa shape index (κ1) is 18.0. The molecule has 21 heavy (non-hydrogen) atoms. The Morgan fingerprint density at radius 2 is 2.05 bits per heavy atom. The van der Waals surface area contributed by atoms with Gasteiger partial charge >= 0.3 is 0 Å². The molecule has 0 bridgehead atoms. The number of rotatable bonds is 6. The smallest absolute Gasteiger partial charge is 0.276 e. The maximum atomic E-state index is 6.03. The van der Waals surface area contributed by atoms with Crippen LogP contribution in [-0.2, 0) is 5.75 Å². The largest absolute Gasteiger partial charge is 0.414 e. The maximum Gasteiger partial charge on any atom is 0.276 e. The Morgan fingerprint density at radius 3 is 2.71 bits per heavy atom. The summed E-state index contributed by atoms with van der Waals surface area (Å²) in [5.74, 6) is 1.87. The summed E-state index contributed by atoms with van der Waals surface area (Å²) in [5, 5.41) is 8.67. The Kier molecular flexibility index (Phi) is 7.22. The highest BCUT2D eigenvalue weighted by Gasteiger charge is 2.16. The molecule has 0 unspecified atom stereocenters. The number of nitrogens with two attached hydrogens (primary N) is 1. The Labute approximate surface area is 136 Å². The Morgan fingerprint density at radius 1 is 1.29 bits per heavy atom. The molecule has 1 aromatic heterocycles. The summed E-state index contributed by atoms with van der Waals surface area (Å²) in [5.41, 5.74) is 8.54. The van der Waals surface area contributed by atoms with Gasteiger partial charge in [-0.05, 0) is 24.8 Å². The number of hydrogen-bond donors (Lipinski definition) is 1. The van der Waals surface area contributed by atoms with Gasteiger partial charge in [-0.1, -0.05) is 55.4 Å². The van der Waals surface area contributed by atoms with Gasteiger partial charge in [0.15, 0.2) is 0 Å². The zero-order chi connectivity index (χ0) is 14.5. The fraction of sp³-hybridized carbons (Fsp3) is 0.467. The molecule has 1 atom stereocenters. The van der Waals surface area contributed by atoms with Gasteiger partial charge in [0.2, 0.25) is 5.89 Å². The molecule has 6 heteroatoms. The van der Waals surface area contributed by atoms with Crippen molar-refractivity contribution in [3.63, 3.8) is 0 Å². The summed E-state index contributed by atoms with van der Waals surface area (Å²) < 4.78 is 5.61. The predicted molar refractivity (Wildman–Crippen MR) is 88.7 cm³/mol. The lowest BCUT2D eigenvalue weighted by atomic mass is 10.1. The van der Waals surface area contributed by atoms with Crippen LogP contribution in [0.4, 0.5) is 0 Å². The van der Waals surface area contributed by atoms with Gasteiger partial charge in [0.1, 0.15) is 0 Å². The van der Waals surface area contributed by atoms with E-state index in [4.69, 9.17) is 10.2 Å². The van der Waals surface area contributed by atoms with E-state index < -0.39 is 0 Å².